The van der Waals surface area contributed by atoms with Gasteiger partial charge in [0.05, 0.1) is 11.2 Å². The fourth-order valence-electron chi connectivity index (χ4n) is 3.56. The molecule has 2 heterocycles. The van der Waals surface area contributed by atoms with Crippen molar-refractivity contribution in [2.75, 3.05) is 0 Å². The highest BCUT2D eigenvalue weighted by Gasteiger charge is 2.45. The third-order valence-corrected chi connectivity index (χ3v) is 4.67. The van der Waals surface area contributed by atoms with Gasteiger partial charge in [-0.1, -0.05) is 18.2 Å². The van der Waals surface area contributed by atoms with Gasteiger partial charge in [-0.15, -0.1) is 0 Å². The van der Waals surface area contributed by atoms with E-state index in [4.69, 9.17) is 0 Å². The quantitative estimate of drug-likeness (QED) is 0.672. The first-order valence-electron chi connectivity index (χ1n) is 7.08. The number of benzene rings is 1. The molecule has 3 aromatic rings. The number of hydrogen-bond acceptors (Lipinski definition) is 3. The van der Waals surface area contributed by atoms with Gasteiger partial charge in [0, 0.05) is 23.3 Å². The van der Waals surface area contributed by atoms with Gasteiger partial charge < -0.3 is 0 Å². The van der Waals surface area contributed by atoms with Gasteiger partial charge in [0.1, 0.15) is 6.33 Å². The maximum absolute atomic E-state index is 4.61. The van der Waals surface area contributed by atoms with Gasteiger partial charge in [0.15, 0.2) is 0 Å². The van der Waals surface area contributed by atoms with Gasteiger partial charge in [0.2, 0.25) is 0 Å². The molecule has 0 bridgehead atoms. The third kappa shape index (κ3) is 1.38. The van der Waals surface area contributed by atoms with Gasteiger partial charge in [-0.25, -0.2) is 9.97 Å². The molecule has 0 aliphatic heterocycles. The molecule has 2 aromatic heterocycles. The minimum Gasteiger partial charge on any atom is -0.255 e. The van der Waals surface area contributed by atoms with Crippen LogP contribution in [0.2, 0.25) is 0 Å². The van der Waals surface area contributed by atoms with E-state index in [0.717, 1.165) is 28.4 Å². The topological polar surface area (TPSA) is 38.7 Å². The number of hydrogen-bond donors (Lipinski definition) is 0. The average Bonchev–Trinajstić information content (AvgIpc) is 3.18. The predicted molar refractivity (Wildman–Crippen MR) is 77.3 cm³/mol. The Morgan fingerprint density at radius 3 is 3.10 bits per heavy atom. The molecule has 0 spiro atoms. The fourth-order valence-corrected chi connectivity index (χ4v) is 3.56. The Morgan fingerprint density at radius 2 is 2.10 bits per heavy atom. The monoisotopic (exact) mass is 259 g/mol. The Hall–Kier alpha value is -2.29. The van der Waals surface area contributed by atoms with Crippen LogP contribution in [0, 0.1) is 5.92 Å². The van der Waals surface area contributed by atoms with Crippen molar-refractivity contribution in [3.8, 4) is 11.3 Å². The van der Waals surface area contributed by atoms with Crippen LogP contribution in [0.3, 0.4) is 0 Å². The molecule has 2 unspecified atom stereocenters. The van der Waals surface area contributed by atoms with E-state index in [9.17, 15) is 0 Å². The fraction of sp³-hybridized carbons (Fsp3) is 0.235. The summed E-state index contributed by atoms with van der Waals surface area (Å²) in [7, 11) is 0. The zero-order chi connectivity index (χ0) is 13.1. The normalized spacial score (nSPS) is 22.6. The number of rotatable bonds is 1. The first kappa shape index (κ1) is 10.5. The highest BCUT2D eigenvalue weighted by Crippen LogP contribution is 2.57. The molecular weight excluding hydrogens is 246 g/mol. The SMILES string of the molecule is c1cc(-c2cc3ncncc3cn2)c2c(c1)C1CC1C2. The summed E-state index contributed by atoms with van der Waals surface area (Å²) in [6.45, 7) is 0. The molecule has 2 aliphatic carbocycles. The van der Waals surface area contributed by atoms with Crippen molar-refractivity contribution in [1.29, 1.82) is 0 Å². The predicted octanol–water partition coefficient (Wildman–Crippen LogP) is 3.35. The van der Waals surface area contributed by atoms with Crippen LogP contribution in [0.5, 0.6) is 0 Å². The molecule has 2 atom stereocenters. The Labute approximate surface area is 116 Å². The van der Waals surface area contributed by atoms with Crippen LogP contribution in [-0.2, 0) is 6.42 Å². The molecule has 20 heavy (non-hydrogen) atoms. The Balaban J connectivity index is 1.72. The van der Waals surface area contributed by atoms with Crippen LogP contribution in [-0.4, -0.2) is 15.0 Å². The molecule has 0 saturated heterocycles. The van der Waals surface area contributed by atoms with E-state index in [-0.39, 0.29) is 0 Å². The second kappa shape index (κ2) is 3.63. The second-order valence-electron chi connectivity index (χ2n) is 5.83. The van der Waals surface area contributed by atoms with E-state index in [2.05, 4.69) is 39.2 Å². The number of pyridine rings is 1. The van der Waals surface area contributed by atoms with Crippen molar-refractivity contribution >= 4 is 10.9 Å². The van der Waals surface area contributed by atoms with Crippen molar-refractivity contribution in [1.82, 2.24) is 15.0 Å². The summed E-state index contributed by atoms with van der Waals surface area (Å²) in [6.07, 6.45) is 7.88. The molecular formula is C17H13N3. The first-order chi connectivity index (χ1) is 9.90. The number of aromatic nitrogens is 3. The lowest BCUT2D eigenvalue weighted by Crippen LogP contribution is -1.94. The maximum atomic E-state index is 4.61. The van der Waals surface area contributed by atoms with E-state index in [1.807, 2.05) is 12.4 Å². The van der Waals surface area contributed by atoms with E-state index in [0.29, 0.717) is 0 Å². The zero-order valence-electron chi connectivity index (χ0n) is 11.0. The molecule has 5 rings (SSSR count). The Morgan fingerprint density at radius 1 is 1.10 bits per heavy atom. The van der Waals surface area contributed by atoms with E-state index >= 15 is 0 Å². The molecule has 3 nitrogen and oxygen atoms in total. The summed E-state index contributed by atoms with van der Waals surface area (Å²) < 4.78 is 0. The zero-order valence-corrected chi connectivity index (χ0v) is 11.0. The largest absolute Gasteiger partial charge is 0.255 e. The van der Waals surface area contributed by atoms with Gasteiger partial charge >= 0.3 is 0 Å². The summed E-state index contributed by atoms with van der Waals surface area (Å²) in [6, 6.07) is 8.73. The Kier molecular flexibility index (Phi) is 1.90. The molecule has 1 fully saturated rings. The summed E-state index contributed by atoms with van der Waals surface area (Å²) in [5.41, 5.74) is 6.35. The van der Waals surface area contributed by atoms with Gasteiger partial charge in [-0.05, 0) is 41.9 Å². The van der Waals surface area contributed by atoms with Crippen LogP contribution in [0.25, 0.3) is 22.2 Å². The highest BCUT2D eigenvalue weighted by atomic mass is 14.8. The maximum Gasteiger partial charge on any atom is 0.116 e. The molecule has 96 valence electrons. The summed E-state index contributed by atoms with van der Waals surface area (Å²) >= 11 is 0. The summed E-state index contributed by atoms with van der Waals surface area (Å²) in [5, 5.41) is 0.992. The van der Waals surface area contributed by atoms with Gasteiger partial charge in [-0.2, -0.15) is 0 Å². The molecule has 0 N–H and O–H groups in total. The summed E-state index contributed by atoms with van der Waals surface area (Å²) in [5.74, 6) is 1.72. The molecule has 0 amide bonds. The van der Waals surface area contributed by atoms with E-state index in [1.54, 1.807) is 11.9 Å². The molecule has 2 aliphatic rings. The summed E-state index contributed by atoms with van der Waals surface area (Å²) in [4.78, 5) is 13.0. The van der Waals surface area contributed by atoms with E-state index in [1.165, 1.54) is 24.0 Å². The van der Waals surface area contributed by atoms with Crippen LogP contribution in [0.4, 0.5) is 0 Å². The standard InChI is InChI=1S/C17H13N3/c1-2-12-14-4-10(14)5-15(12)13(3-1)17-6-16-11(8-19-17)7-18-9-20-16/h1-3,6-10,14H,4-5H2. The molecule has 1 saturated carbocycles. The number of fused-ring (bicyclic) bond motifs is 4. The lowest BCUT2D eigenvalue weighted by molar-refractivity contribution is 0.857. The number of nitrogens with zero attached hydrogens (tertiary/aromatic N) is 3. The molecule has 3 heteroatoms. The van der Waals surface area contributed by atoms with Crippen molar-refractivity contribution in [2.24, 2.45) is 5.92 Å². The van der Waals surface area contributed by atoms with Crippen molar-refractivity contribution in [2.45, 2.75) is 18.8 Å². The average molecular weight is 259 g/mol. The highest BCUT2D eigenvalue weighted by molar-refractivity contribution is 5.82. The Bertz CT molecular complexity index is 841. The lowest BCUT2D eigenvalue weighted by atomic mass is 9.97. The smallest absolute Gasteiger partial charge is 0.116 e. The van der Waals surface area contributed by atoms with Gasteiger partial charge in [-0.3, -0.25) is 4.98 Å². The van der Waals surface area contributed by atoms with Crippen LogP contribution < -0.4 is 0 Å². The molecule has 1 aromatic carbocycles. The second-order valence-corrected chi connectivity index (χ2v) is 5.83. The van der Waals surface area contributed by atoms with Crippen molar-refractivity contribution in [3.63, 3.8) is 0 Å². The molecule has 0 radical (unpaired) electrons. The minimum absolute atomic E-state index is 0.827. The van der Waals surface area contributed by atoms with Crippen LogP contribution in [0.15, 0.2) is 43.0 Å². The van der Waals surface area contributed by atoms with Gasteiger partial charge in [0.25, 0.3) is 0 Å². The lowest BCUT2D eigenvalue weighted by Gasteiger charge is -2.10. The van der Waals surface area contributed by atoms with Crippen LogP contribution >= 0.6 is 0 Å². The van der Waals surface area contributed by atoms with E-state index < -0.39 is 0 Å². The van der Waals surface area contributed by atoms with Crippen molar-refractivity contribution in [3.05, 3.63) is 54.1 Å². The third-order valence-electron chi connectivity index (χ3n) is 4.67. The minimum atomic E-state index is 0.827. The first-order valence-corrected chi connectivity index (χ1v) is 7.08. The van der Waals surface area contributed by atoms with Crippen LogP contribution in [0.1, 0.15) is 23.5 Å². The van der Waals surface area contributed by atoms with Crippen molar-refractivity contribution < 1.29 is 0 Å².